The fourth-order valence-corrected chi connectivity index (χ4v) is 3.26. The average molecular weight is 318 g/mol. The number of nitrogens with one attached hydrogen (secondary N) is 1. The summed E-state index contributed by atoms with van der Waals surface area (Å²) in [4.78, 5) is 2.27. The maximum Gasteiger partial charge on any atom is 0.279 e. The van der Waals surface area contributed by atoms with Gasteiger partial charge in [-0.3, -0.25) is 4.90 Å². The number of hydrogen-bond acceptors (Lipinski definition) is 5. The number of rotatable bonds is 8. The number of ether oxygens (including phenoxy) is 1. The molecule has 0 spiro atoms. The van der Waals surface area contributed by atoms with Crippen LogP contribution in [0.2, 0.25) is 0 Å². The molecule has 0 aromatic carbocycles. The van der Waals surface area contributed by atoms with Crippen molar-refractivity contribution in [3.63, 3.8) is 0 Å². The summed E-state index contributed by atoms with van der Waals surface area (Å²) in [6, 6.07) is 2.10. The maximum absolute atomic E-state index is 12.1. The van der Waals surface area contributed by atoms with Gasteiger partial charge in [-0.15, -0.1) is 0 Å². The molecule has 0 saturated carbocycles. The molecular formula is C13H26N4O3S. The van der Waals surface area contributed by atoms with E-state index in [9.17, 15) is 8.42 Å². The second-order valence-electron chi connectivity index (χ2n) is 5.54. The first kappa shape index (κ1) is 18.3. The molecule has 1 unspecified atom stereocenters. The van der Waals surface area contributed by atoms with Crippen LogP contribution >= 0.6 is 0 Å². The smallest absolute Gasteiger partial charge is 0.279 e. The van der Waals surface area contributed by atoms with E-state index in [1.54, 1.807) is 0 Å². The zero-order valence-electron chi connectivity index (χ0n) is 13.1. The van der Waals surface area contributed by atoms with Gasteiger partial charge in [0.25, 0.3) is 10.2 Å². The first-order valence-electron chi connectivity index (χ1n) is 7.28. The van der Waals surface area contributed by atoms with Crippen molar-refractivity contribution in [1.29, 1.82) is 5.26 Å². The van der Waals surface area contributed by atoms with Gasteiger partial charge in [0.05, 0.1) is 19.3 Å². The number of morpholine rings is 1. The minimum absolute atomic E-state index is 0.146. The molecule has 7 nitrogen and oxygen atoms in total. The third-order valence-electron chi connectivity index (χ3n) is 3.71. The summed E-state index contributed by atoms with van der Waals surface area (Å²) in [6.07, 6.45) is 0.189. The van der Waals surface area contributed by atoms with Gasteiger partial charge in [-0.05, 0) is 5.92 Å². The molecule has 8 heteroatoms. The van der Waals surface area contributed by atoms with Gasteiger partial charge in [-0.1, -0.05) is 13.8 Å². The highest BCUT2D eigenvalue weighted by Crippen LogP contribution is 2.12. The molecule has 122 valence electrons. The normalized spacial score (nSPS) is 18.9. The molecule has 0 bridgehead atoms. The van der Waals surface area contributed by atoms with Crippen molar-refractivity contribution in [3.05, 3.63) is 0 Å². The Morgan fingerprint density at radius 1 is 1.38 bits per heavy atom. The molecule has 1 aliphatic rings. The minimum atomic E-state index is -3.53. The average Bonchev–Trinajstić information content (AvgIpc) is 2.45. The number of hydrogen-bond donors (Lipinski definition) is 1. The van der Waals surface area contributed by atoms with Crippen molar-refractivity contribution in [2.24, 2.45) is 5.92 Å². The molecule has 1 N–H and O–H groups in total. The molecule has 0 aliphatic carbocycles. The molecule has 1 aliphatic heterocycles. The SMILES string of the molecule is CC(C)C(CNS(=O)(=O)N(C)CCC#N)N1CCOCC1. The lowest BCUT2D eigenvalue weighted by atomic mass is 10.0. The van der Waals surface area contributed by atoms with Crippen LogP contribution in [0.3, 0.4) is 0 Å². The molecule has 0 amide bonds. The van der Waals surface area contributed by atoms with Crippen LogP contribution in [0.15, 0.2) is 0 Å². The fraction of sp³-hybridized carbons (Fsp3) is 0.923. The largest absolute Gasteiger partial charge is 0.379 e. The summed E-state index contributed by atoms with van der Waals surface area (Å²) in [5, 5.41) is 8.53. The highest BCUT2D eigenvalue weighted by atomic mass is 32.2. The summed E-state index contributed by atoms with van der Waals surface area (Å²) in [6.45, 7) is 7.80. The van der Waals surface area contributed by atoms with Gasteiger partial charge in [-0.2, -0.15) is 18.0 Å². The topological polar surface area (TPSA) is 85.7 Å². The van der Waals surface area contributed by atoms with Crippen molar-refractivity contribution in [1.82, 2.24) is 13.9 Å². The molecule has 21 heavy (non-hydrogen) atoms. The van der Waals surface area contributed by atoms with Crippen molar-refractivity contribution in [3.8, 4) is 6.07 Å². The van der Waals surface area contributed by atoms with E-state index in [1.807, 2.05) is 6.07 Å². The fourth-order valence-electron chi connectivity index (χ4n) is 2.32. The Balaban J connectivity index is 2.57. The molecule has 1 heterocycles. The molecule has 0 aromatic heterocycles. The number of nitriles is 1. The standard InChI is InChI=1S/C13H26N4O3S/c1-12(2)13(17-7-9-20-10-8-17)11-15-21(18,19)16(3)6-4-5-14/h12-13,15H,4,6-11H2,1-3H3. The van der Waals surface area contributed by atoms with E-state index in [0.29, 0.717) is 25.7 Å². The maximum atomic E-state index is 12.1. The first-order valence-corrected chi connectivity index (χ1v) is 8.72. The molecule has 0 aromatic rings. The molecule has 1 rings (SSSR count). The summed E-state index contributed by atoms with van der Waals surface area (Å²) in [5.74, 6) is 0.343. The van der Waals surface area contributed by atoms with Crippen molar-refractivity contribution in [2.75, 3.05) is 46.4 Å². The third-order valence-corrected chi connectivity index (χ3v) is 5.24. The van der Waals surface area contributed by atoms with Crippen LogP contribution in [-0.2, 0) is 14.9 Å². The lowest BCUT2D eigenvalue weighted by Crippen LogP contribution is -2.52. The van der Waals surface area contributed by atoms with E-state index in [2.05, 4.69) is 23.5 Å². The Morgan fingerprint density at radius 2 is 2.00 bits per heavy atom. The summed E-state index contributed by atoms with van der Waals surface area (Å²) in [7, 11) is -2.04. The van der Waals surface area contributed by atoms with Crippen LogP contribution in [-0.4, -0.2) is 70.1 Å². The Kier molecular flexibility index (Phi) is 7.56. The van der Waals surface area contributed by atoms with Gasteiger partial charge in [-0.25, -0.2) is 4.72 Å². The molecule has 0 radical (unpaired) electrons. The van der Waals surface area contributed by atoms with E-state index < -0.39 is 10.2 Å². The Hall–Kier alpha value is -0.720. The van der Waals surface area contributed by atoms with E-state index in [1.165, 1.54) is 11.4 Å². The van der Waals surface area contributed by atoms with Gasteiger partial charge in [0.1, 0.15) is 0 Å². The van der Waals surface area contributed by atoms with Crippen LogP contribution in [0.5, 0.6) is 0 Å². The van der Waals surface area contributed by atoms with Crippen molar-refractivity contribution in [2.45, 2.75) is 26.3 Å². The van der Waals surface area contributed by atoms with E-state index in [4.69, 9.17) is 10.00 Å². The van der Waals surface area contributed by atoms with Crippen LogP contribution in [0.25, 0.3) is 0 Å². The number of nitrogens with zero attached hydrogens (tertiary/aromatic N) is 3. The van der Waals surface area contributed by atoms with Gasteiger partial charge < -0.3 is 4.74 Å². The molecular weight excluding hydrogens is 292 g/mol. The summed E-state index contributed by atoms with van der Waals surface area (Å²) < 4.78 is 33.4. The predicted molar refractivity (Wildman–Crippen MR) is 80.8 cm³/mol. The zero-order valence-corrected chi connectivity index (χ0v) is 13.9. The minimum Gasteiger partial charge on any atom is -0.379 e. The second kappa shape index (κ2) is 8.66. The lowest BCUT2D eigenvalue weighted by Gasteiger charge is -2.37. The molecule has 1 fully saturated rings. The quantitative estimate of drug-likeness (QED) is 0.682. The van der Waals surface area contributed by atoms with Crippen molar-refractivity contribution >= 4 is 10.2 Å². The van der Waals surface area contributed by atoms with Gasteiger partial charge >= 0.3 is 0 Å². The van der Waals surface area contributed by atoms with E-state index in [-0.39, 0.29) is 19.0 Å². The Bertz CT molecular complexity index is 441. The molecule has 1 saturated heterocycles. The van der Waals surface area contributed by atoms with E-state index >= 15 is 0 Å². The van der Waals surface area contributed by atoms with Crippen LogP contribution in [0.1, 0.15) is 20.3 Å². The Morgan fingerprint density at radius 3 is 2.52 bits per heavy atom. The predicted octanol–water partition coefficient (Wildman–Crippen LogP) is 0.0231. The summed E-state index contributed by atoms with van der Waals surface area (Å²) in [5.41, 5.74) is 0. The van der Waals surface area contributed by atoms with E-state index in [0.717, 1.165) is 13.1 Å². The van der Waals surface area contributed by atoms with Gasteiger partial charge in [0.15, 0.2) is 0 Å². The lowest BCUT2D eigenvalue weighted by molar-refractivity contribution is 0.00769. The monoisotopic (exact) mass is 318 g/mol. The third kappa shape index (κ3) is 5.88. The highest BCUT2D eigenvalue weighted by molar-refractivity contribution is 7.87. The van der Waals surface area contributed by atoms with Gasteiger partial charge in [0, 0.05) is 45.7 Å². The Labute approximate surface area is 128 Å². The molecule has 1 atom stereocenters. The zero-order chi connectivity index (χ0) is 15.9. The second-order valence-corrected chi connectivity index (χ2v) is 7.41. The van der Waals surface area contributed by atoms with Crippen LogP contribution in [0.4, 0.5) is 0 Å². The van der Waals surface area contributed by atoms with Crippen LogP contribution in [0, 0.1) is 17.2 Å². The highest BCUT2D eigenvalue weighted by Gasteiger charge is 2.26. The summed E-state index contributed by atoms with van der Waals surface area (Å²) >= 11 is 0. The van der Waals surface area contributed by atoms with Crippen LogP contribution < -0.4 is 4.72 Å². The van der Waals surface area contributed by atoms with Crippen molar-refractivity contribution < 1.29 is 13.2 Å². The first-order chi connectivity index (χ1) is 9.88. The van der Waals surface area contributed by atoms with Gasteiger partial charge in [0.2, 0.25) is 0 Å².